The van der Waals surface area contributed by atoms with E-state index in [4.69, 9.17) is 0 Å². The fourth-order valence-corrected chi connectivity index (χ4v) is 4.26. The van der Waals surface area contributed by atoms with Crippen molar-refractivity contribution in [2.45, 2.75) is 26.0 Å². The second-order valence-electron chi connectivity index (χ2n) is 6.56. The molecule has 140 valence electrons. The van der Waals surface area contributed by atoms with Crippen molar-refractivity contribution in [2.75, 3.05) is 31.1 Å². The lowest BCUT2D eigenvalue weighted by atomic mass is 10.2. The molecule has 9 heteroatoms. The highest BCUT2D eigenvalue weighted by atomic mass is 32.2. The second kappa shape index (κ2) is 7.16. The first kappa shape index (κ1) is 18.5. The minimum atomic E-state index is -3.25. The van der Waals surface area contributed by atoms with Gasteiger partial charge in [-0.15, -0.1) is 0 Å². The fraction of sp³-hybridized carbons (Fsp3) is 0.471. The highest BCUT2D eigenvalue weighted by Crippen LogP contribution is 2.20. The van der Waals surface area contributed by atoms with Crippen molar-refractivity contribution in [3.05, 3.63) is 46.6 Å². The lowest BCUT2D eigenvalue weighted by Gasteiger charge is -2.36. The minimum Gasteiger partial charge on any atom is -0.367 e. The van der Waals surface area contributed by atoms with Crippen molar-refractivity contribution in [1.82, 2.24) is 19.1 Å². The van der Waals surface area contributed by atoms with Crippen LogP contribution in [0.25, 0.3) is 5.69 Å². The predicted octanol–water partition coefficient (Wildman–Crippen LogP) is 0.796. The third kappa shape index (κ3) is 3.36. The molecule has 1 aliphatic rings. The van der Waals surface area contributed by atoms with Crippen LogP contribution in [-0.2, 0) is 10.0 Å². The smallest absolute Gasteiger partial charge is 0.276 e. The molecule has 2 aromatic heterocycles. The summed E-state index contributed by atoms with van der Waals surface area (Å²) in [5.74, 6) is 0. The lowest BCUT2D eigenvalue weighted by molar-refractivity contribution is 0.380. The summed E-state index contributed by atoms with van der Waals surface area (Å²) in [5, 5.41) is 3.84. The van der Waals surface area contributed by atoms with Gasteiger partial charge in [0.1, 0.15) is 0 Å². The van der Waals surface area contributed by atoms with E-state index in [2.05, 4.69) is 10.1 Å². The highest BCUT2D eigenvalue weighted by Gasteiger charge is 2.30. The van der Waals surface area contributed by atoms with Crippen molar-refractivity contribution >= 4 is 15.7 Å². The van der Waals surface area contributed by atoms with E-state index in [1.165, 1.54) is 8.99 Å². The highest BCUT2D eigenvalue weighted by molar-refractivity contribution is 7.89. The van der Waals surface area contributed by atoms with E-state index in [1.54, 1.807) is 51.5 Å². The molecule has 0 N–H and O–H groups in total. The van der Waals surface area contributed by atoms with Crippen LogP contribution in [0.4, 0.5) is 5.69 Å². The topological polar surface area (TPSA) is 88.4 Å². The van der Waals surface area contributed by atoms with Crippen LogP contribution in [0.5, 0.6) is 0 Å². The number of piperazine rings is 1. The average Bonchev–Trinajstić information content (AvgIpc) is 2.64. The molecule has 0 bridgehead atoms. The average molecular weight is 377 g/mol. The third-order valence-corrected chi connectivity index (χ3v) is 6.89. The standard InChI is InChI=1S/C17H23N5O3S/c1-13(2)26(24,25)21-9-7-20(8-10-21)16-12-19-22(17(23)14(16)3)15-5-4-6-18-11-15/h4-6,11-13H,7-10H2,1-3H3. The Morgan fingerprint density at radius 3 is 2.38 bits per heavy atom. The van der Waals surface area contributed by atoms with E-state index in [-0.39, 0.29) is 5.56 Å². The molecule has 3 heterocycles. The molecule has 0 unspecified atom stereocenters. The molecule has 8 nitrogen and oxygen atoms in total. The number of nitrogens with zero attached hydrogens (tertiary/aromatic N) is 5. The molecule has 1 aliphatic heterocycles. The van der Waals surface area contributed by atoms with Gasteiger partial charge in [-0.3, -0.25) is 9.78 Å². The van der Waals surface area contributed by atoms with Gasteiger partial charge in [0.25, 0.3) is 5.56 Å². The van der Waals surface area contributed by atoms with E-state index >= 15 is 0 Å². The maximum absolute atomic E-state index is 12.7. The van der Waals surface area contributed by atoms with Crippen LogP contribution in [0.15, 0.2) is 35.5 Å². The molecule has 0 aromatic carbocycles. The lowest BCUT2D eigenvalue weighted by Crippen LogP contribution is -2.51. The summed E-state index contributed by atoms with van der Waals surface area (Å²) in [5.41, 5.74) is 1.74. The van der Waals surface area contributed by atoms with Crippen molar-refractivity contribution in [3.63, 3.8) is 0 Å². The quantitative estimate of drug-likeness (QED) is 0.783. The molecule has 3 rings (SSSR count). The number of pyridine rings is 1. The largest absolute Gasteiger partial charge is 0.367 e. The number of sulfonamides is 1. The second-order valence-corrected chi connectivity index (χ2v) is 9.05. The van der Waals surface area contributed by atoms with Crippen LogP contribution >= 0.6 is 0 Å². The molecule has 0 atom stereocenters. The Hall–Kier alpha value is -2.26. The summed E-state index contributed by atoms with van der Waals surface area (Å²) >= 11 is 0. The minimum absolute atomic E-state index is 0.201. The maximum atomic E-state index is 12.7. The van der Waals surface area contributed by atoms with Crippen molar-refractivity contribution in [1.29, 1.82) is 0 Å². The first-order chi connectivity index (χ1) is 12.3. The summed E-state index contributed by atoms with van der Waals surface area (Å²) in [6.07, 6.45) is 4.89. The molecule has 0 aliphatic carbocycles. The number of hydrogen-bond donors (Lipinski definition) is 0. The van der Waals surface area contributed by atoms with E-state index in [0.717, 1.165) is 5.69 Å². The monoisotopic (exact) mass is 377 g/mol. The zero-order valence-electron chi connectivity index (χ0n) is 15.2. The van der Waals surface area contributed by atoms with Gasteiger partial charge in [-0.2, -0.15) is 14.1 Å². The number of rotatable bonds is 4. The maximum Gasteiger partial charge on any atom is 0.276 e. The number of hydrogen-bond acceptors (Lipinski definition) is 6. The molecular formula is C17H23N5O3S. The third-order valence-electron chi connectivity index (χ3n) is 4.62. The summed E-state index contributed by atoms with van der Waals surface area (Å²) < 4.78 is 27.4. The van der Waals surface area contributed by atoms with Gasteiger partial charge in [0.05, 0.1) is 29.0 Å². The van der Waals surface area contributed by atoms with Crippen LogP contribution in [0, 0.1) is 6.92 Å². The van der Waals surface area contributed by atoms with Gasteiger partial charge in [0.2, 0.25) is 10.0 Å². The van der Waals surface area contributed by atoms with Crippen LogP contribution in [0.3, 0.4) is 0 Å². The van der Waals surface area contributed by atoms with E-state index in [1.807, 2.05) is 4.90 Å². The summed E-state index contributed by atoms with van der Waals surface area (Å²) in [4.78, 5) is 18.7. The predicted molar refractivity (Wildman–Crippen MR) is 100 cm³/mol. The van der Waals surface area contributed by atoms with Gasteiger partial charge in [-0.25, -0.2) is 8.42 Å². The van der Waals surface area contributed by atoms with Crippen LogP contribution < -0.4 is 10.5 Å². The van der Waals surface area contributed by atoms with Crippen molar-refractivity contribution in [3.8, 4) is 5.69 Å². The van der Waals surface area contributed by atoms with Crippen molar-refractivity contribution < 1.29 is 8.42 Å². The van der Waals surface area contributed by atoms with Crippen LogP contribution in [0.2, 0.25) is 0 Å². The van der Waals surface area contributed by atoms with Crippen LogP contribution in [0.1, 0.15) is 19.4 Å². The number of aromatic nitrogens is 3. The Bertz CT molecular complexity index is 933. The van der Waals surface area contributed by atoms with Crippen molar-refractivity contribution in [2.24, 2.45) is 0 Å². The molecule has 2 aromatic rings. The first-order valence-corrected chi connectivity index (χ1v) is 10.1. The molecule has 26 heavy (non-hydrogen) atoms. The van der Waals surface area contributed by atoms with Gasteiger partial charge in [0.15, 0.2) is 0 Å². The normalized spacial score (nSPS) is 16.2. The molecule has 0 radical (unpaired) electrons. The van der Waals surface area contributed by atoms with Gasteiger partial charge >= 0.3 is 0 Å². The molecule has 0 amide bonds. The van der Waals surface area contributed by atoms with Crippen LogP contribution in [-0.4, -0.2) is 58.9 Å². The number of anilines is 1. The van der Waals surface area contributed by atoms with Gasteiger partial charge in [-0.05, 0) is 32.9 Å². The van der Waals surface area contributed by atoms with Gasteiger partial charge in [0, 0.05) is 37.9 Å². The Morgan fingerprint density at radius 1 is 1.12 bits per heavy atom. The Kier molecular flexibility index (Phi) is 5.10. The Labute approximate surface area is 153 Å². The first-order valence-electron chi connectivity index (χ1n) is 8.55. The molecule has 1 saturated heterocycles. The van der Waals surface area contributed by atoms with Gasteiger partial charge in [-0.1, -0.05) is 0 Å². The Morgan fingerprint density at radius 2 is 1.81 bits per heavy atom. The van der Waals surface area contributed by atoms with E-state index in [0.29, 0.717) is 37.4 Å². The summed E-state index contributed by atoms with van der Waals surface area (Å²) in [6.45, 7) is 7.03. The van der Waals surface area contributed by atoms with E-state index < -0.39 is 15.3 Å². The summed E-state index contributed by atoms with van der Waals surface area (Å²) in [7, 11) is -3.25. The van der Waals surface area contributed by atoms with E-state index in [9.17, 15) is 13.2 Å². The molecule has 0 saturated carbocycles. The molecule has 1 fully saturated rings. The zero-order chi connectivity index (χ0) is 18.9. The zero-order valence-corrected chi connectivity index (χ0v) is 16.0. The molecule has 0 spiro atoms. The fourth-order valence-electron chi connectivity index (χ4n) is 2.99. The SMILES string of the molecule is Cc1c(N2CCN(S(=O)(=O)C(C)C)CC2)cnn(-c2cccnc2)c1=O. The van der Waals surface area contributed by atoms with Gasteiger partial charge < -0.3 is 4.90 Å². The summed E-state index contributed by atoms with van der Waals surface area (Å²) in [6, 6.07) is 3.52. The Balaban J connectivity index is 1.82. The molecular weight excluding hydrogens is 354 g/mol.